The molecular weight excluding hydrogens is 276 g/mol. The predicted octanol–water partition coefficient (Wildman–Crippen LogP) is 2.82. The Morgan fingerprint density at radius 3 is 2.77 bits per heavy atom. The lowest BCUT2D eigenvalue weighted by atomic mass is 9.74. The van der Waals surface area contributed by atoms with Crippen LogP contribution in [0.4, 0.5) is 0 Å². The molecule has 22 heavy (non-hydrogen) atoms. The van der Waals surface area contributed by atoms with E-state index in [1.807, 2.05) is 17.0 Å². The van der Waals surface area contributed by atoms with Crippen LogP contribution in [0.15, 0.2) is 24.5 Å². The molecule has 0 spiro atoms. The Bertz CT molecular complexity index is 543. The molecule has 0 aromatic carbocycles. The number of ether oxygens (including phenoxy) is 1. The average molecular weight is 302 g/mol. The second-order valence-corrected chi connectivity index (χ2v) is 7.53. The van der Waals surface area contributed by atoms with Crippen LogP contribution in [0.1, 0.15) is 45.6 Å². The fourth-order valence-electron chi connectivity index (χ4n) is 3.86. The number of carbonyl (C=O) groups excluding carboxylic acids is 1. The molecule has 4 heteroatoms. The van der Waals surface area contributed by atoms with Gasteiger partial charge in [-0.1, -0.05) is 0 Å². The van der Waals surface area contributed by atoms with E-state index < -0.39 is 0 Å². The third kappa shape index (κ3) is 3.17. The van der Waals surface area contributed by atoms with Crippen LogP contribution in [0, 0.1) is 5.92 Å². The van der Waals surface area contributed by atoms with Crippen molar-refractivity contribution in [3.8, 4) is 0 Å². The molecule has 2 aliphatic heterocycles. The van der Waals surface area contributed by atoms with Gasteiger partial charge in [0.1, 0.15) is 0 Å². The highest BCUT2D eigenvalue weighted by Crippen LogP contribution is 2.43. The summed E-state index contributed by atoms with van der Waals surface area (Å²) in [6.07, 6.45) is 7.10. The zero-order chi connectivity index (χ0) is 15.8. The molecule has 0 N–H and O–H groups in total. The maximum Gasteiger partial charge on any atom is 0.227 e. The Balaban J connectivity index is 1.64. The molecule has 0 radical (unpaired) electrons. The second kappa shape index (κ2) is 5.65. The van der Waals surface area contributed by atoms with E-state index >= 15 is 0 Å². The number of hydrogen-bond acceptors (Lipinski definition) is 3. The number of hydrogen-bond donors (Lipinski definition) is 0. The van der Waals surface area contributed by atoms with E-state index in [0.29, 0.717) is 12.3 Å². The highest BCUT2D eigenvalue weighted by atomic mass is 16.5. The Labute approximate surface area is 132 Å². The van der Waals surface area contributed by atoms with E-state index in [1.54, 1.807) is 12.4 Å². The third-order valence-corrected chi connectivity index (χ3v) is 5.24. The van der Waals surface area contributed by atoms with Crippen LogP contribution in [-0.2, 0) is 16.0 Å². The van der Waals surface area contributed by atoms with Gasteiger partial charge in [0, 0.05) is 31.4 Å². The first-order valence-corrected chi connectivity index (χ1v) is 8.25. The SMILES string of the molecule is CC1(C)CC[C@H]2CN(C(=O)Cc3ccncc3)CC[C@@]2(C)O1. The topological polar surface area (TPSA) is 42.4 Å². The van der Waals surface area contributed by atoms with Gasteiger partial charge in [-0.15, -0.1) is 0 Å². The van der Waals surface area contributed by atoms with Crippen molar-refractivity contribution < 1.29 is 9.53 Å². The zero-order valence-corrected chi connectivity index (χ0v) is 13.8. The summed E-state index contributed by atoms with van der Waals surface area (Å²) in [6.45, 7) is 8.21. The molecule has 1 aromatic rings. The molecule has 2 fully saturated rings. The van der Waals surface area contributed by atoms with Crippen LogP contribution >= 0.6 is 0 Å². The summed E-state index contributed by atoms with van der Waals surface area (Å²) in [6, 6.07) is 3.83. The molecule has 2 atom stereocenters. The van der Waals surface area contributed by atoms with Crippen LogP contribution in [-0.4, -0.2) is 40.1 Å². The van der Waals surface area contributed by atoms with Crippen molar-refractivity contribution in [2.24, 2.45) is 5.92 Å². The minimum absolute atomic E-state index is 0.0333. The smallest absolute Gasteiger partial charge is 0.227 e. The van der Waals surface area contributed by atoms with E-state index in [2.05, 4.69) is 25.8 Å². The second-order valence-electron chi connectivity index (χ2n) is 7.53. The number of pyridine rings is 1. The minimum Gasteiger partial charge on any atom is -0.369 e. The Kier molecular flexibility index (Phi) is 3.98. The lowest BCUT2D eigenvalue weighted by Gasteiger charge is -2.53. The first-order valence-electron chi connectivity index (χ1n) is 8.25. The summed E-state index contributed by atoms with van der Waals surface area (Å²) >= 11 is 0. The number of amides is 1. The maximum atomic E-state index is 12.5. The molecule has 0 bridgehead atoms. The average Bonchev–Trinajstić information content (AvgIpc) is 2.46. The minimum atomic E-state index is -0.0742. The molecule has 0 aliphatic carbocycles. The summed E-state index contributed by atoms with van der Waals surface area (Å²) in [5.41, 5.74) is 0.929. The van der Waals surface area contributed by atoms with Crippen LogP contribution in [0.2, 0.25) is 0 Å². The summed E-state index contributed by atoms with van der Waals surface area (Å²) < 4.78 is 6.37. The largest absolute Gasteiger partial charge is 0.369 e. The molecule has 1 amide bonds. The lowest BCUT2D eigenvalue weighted by molar-refractivity contribution is -0.214. The normalized spacial score (nSPS) is 30.7. The fourth-order valence-corrected chi connectivity index (χ4v) is 3.86. The molecular formula is C18H26N2O2. The highest BCUT2D eigenvalue weighted by Gasteiger charge is 2.47. The number of nitrogens with zero attached hydrogens (tertiary/aromatic N) is 2. The van der Waals surface area contributed by atoms with E-state index in [9.17, 15) is 4.79 Å². The van der Waals surface area contributed by atoms with Crippen LogP contribution in [0.5, 0.6) is 0 Å². The molecule has 2 aliphatic rings. The van der Waals surface area contributed by atoms with Gasteiger partial charge >= 0.3 is 0 Å². The summed E-state index contributed by atoms with van der Waals surface area (Å²) in [4.78, 5) is 18.6. The number of aromatic nitrogens is 1. The molecule has 3 rings (SSSR count). The van der Waals surface area contributed by atoms with Gasteiger partial charge in [-0.25, -0.2) is 0 Å². The summed E-state index contributed by atoms with van der Waals surface area (Å²) in [5.74, 6) is 0.675. The van der Waals surface area contributed by atoms with E-state index in [1.165, 1.54) is 0 Å². The van der Waals surface area contributed by atoms with Gasteiger partial charge in [-0.2, -0.15) is 0 Å². The van der Waals surface area contributed by atoms with Crippen molar-refractivity contribution >= 4 is 5.91 Å². The highest BCUT2D eigenvalue weighted by molar-refractivity contribution is 5.78. The Hall–Kier alpha value is -1.42. The number of carbonyl (C=O) groups is 1. The quantitative estimate of drug-likeness (QED) is 0.843. The molecule has 1 aromatic heterocycles. The van der Waals surface area contributed by atoms with Crippen LogP contribution < -0.4 is 0 Å². The van der Waals surface area contributed by atoms with E-state index in [-0.39, 0.29) is 17.1 Å². The Morgan fingerprint density at radius 2 is 2.05 bits per heavy atom. The standard InChI is InChI=1S/C18H26N2O2/c1-17(2)7-4-15-13-20(11-8-18(15,3)22-17)16(21)12-14-5-9-19-10-6-14/h5-6,9-10,15H,4,7-8,11-13H2,1-3H3/t15-,18+/m0/s1. The van der Waals surface area contributed by atoms with Gasteiger partial charge in [0.15, 0.2) is 0 Å². The number of piperidine rings is 1. The number of rotatable bonds is 2. The number of likely N-dealkylation sites (tertiary alicyclic amines) is 1. The van der Waals surface area contributed by atoms with Crippen molar-refractivity contribution in [1.82, 2.24) is 9.88 Å². The first-order chi connectivity index (χ1) is 10.4. The van der Waals surface area contributed by atoms with Crippen LogP contribution in [0.25, 0.3) is 0 Å². The molecule has 120 valence electrons. The molecule has 0 saturated carbocycles. The zero-order valence-electron chi connectivity index (χ0n) is 13.8. The fraction of sp³-hybridized carbons (Fsp3) is 0.667. The number of fused-ring (bicyclic) bond motifs is 1. The van der Waals surface area contributed by atoms with Gasteiger partial charge in [-0.3, -0.25) is 9.78 Å². The van der Waals surface area contributed by atoms with Gasteiger partial charge < -0.3 is 9.64 Å². The van der Waals surface area contributed by atoms with Gasteiger partial charge in [0.2, 0.25) is 5.91 Å². The predicted molar refractivity (Wildman–Crippen MR) is 85.4 cm³/mol. The van der Waals surface area contributed by atoms with Crippen molar-refractivity contribution in [1.29, 1.82) is 0 Å². The van der Waals surface area contributed by atoms with Crippen molar-refractivity contribution in [2.45, 2.75) is 57.7 Å². The summed E-state index contributed by atoms with van der Waals surface area (Å²) in [5, 5.41) is 0. The molecule has 2 saturated heterocycles. The third-order valence-electron chi connectivity index (χ3n) is 5.24. The monoisotopic (exact) mass is 302 g/mol. The van der Waals surface area contributed by atoms with Crippen LogP contribution in [0.3, 0.4) is 0 Å². The van der Waals surface area contributed by atoms with Gasteiger partial charge in [-0.05, 0) is 57.7 Å². The van der Waals surface area contributed by atoms with Crippen molar-refractivity contribution in [3.63, 3.8) is 0 Å². The van der Waals surface area contributed by atoms with E-state index in [4.69, 9.17) is 4.74 Å². The first kappa shape index (κ1) is 15.5. The van der Waals surface area contributed by atoms with Gasteiger partial charge in [0.25, 0.3) is 0 Å². The molecule has 3 heterocycles. The maximum absolute atomic E-state index is 12.5. The molecule has 4 nitrogen and oxygen atoms in total. The summed E-state index contributed by atoms with van der Waals surface area (Å²) in [7, 11) is 0. The Morgan fingerprint density at radius 1 is 1.32 bits per heavy atom. The van der Waals surface area contributed by atoms with E-state index in [0.717, 1.165) is 37.9 Å². The molecule has 0 unspecified atom stereocenters. The van der Waals surface area contributed by atoms with Crippen molar-refractivity contribution in [3.05, 3.63) is 30.1 Å². The van der Waals surface area contributed by atoms with Crippen molar-refractivity contribution in [2.75, 3.05) is 13.1 Å². The van der Waals surface area contributed by atoms with Gasteiger partial charge in [0.05, 0.1) is 17.6 Å². The lowest BCUT2D eigenvalue weighted by Crippen LogP contribution is -2.58.